The van der Waals surface area contributed by atoms with Crippen LogP contribution in [-0.2, 0) is 4.79 Å². The highest BCUT2D eigenvalue weighted by molar-refractivity contribution is 7.16. The van der Waals surface area contributed by atoms with E-state index in [1.807, 2.05) is 6.07 Å². The number of hydrogen-bond acceptors (Lipinski definition) is 4. The van der Waals surface area contributed by atoms with Crippen molar-refractivity contribution in [2.24, 2.45) is 0 Å². The van der Waals surface area contributed by atoms with Crippen molar-refractivity contribution in [1.82, 2.24) is 10.2 Å². The standard InChI is InChI=1S/C12H15ClN2O4S/c1-6(9-2-3-10(13)20-9)14-12(19)15-5-7(16)4-8(15)11(17)18/h2-3,6-8,16H,4-5H2,1H3,(H,14,19)(H,17,18)/t6?,7-,8-/m0/s1. The quantitative estimate of drug-likeness (QED) is 0.791. The van der Waals surface area contributed by atoms with Crippen LogP contribution >= 0.6 is 22.9 Å². The fourth-order valence-corrected chi connectivity index (χ4v) is 3.24. The molecular formula is C12H15ClN2O4S. The number of urea groups is 1. The Kier molecular flexibility index (Phi) is 4.52. The first-order valence-corrected chi connectivity index (χ1v) is 7.31. The molecular weight excluding hydrogens is 304 g/mol. The van der Waals surface area contributed by atoms with Gasteiger partial charge in [-0.15, -0.1) is 11.3 Å². The van der Waals surface area contributed by atoms with E-state index >= 15 is 0 Å². The Morgan fingerprint density at radius 1 is 1.55 bits per heavy atom. The molecule has 1 aromatic rings. The predicted octanol–water partition coefficient (Wildman–Crippen LogP) is 1.69. The molecule has 0 aliphatic carbocycles. The van der Waals surface area contributed by atoms with Crippen LogP contribution in [0.4, 0.5) is 4.79 Å². The third-order valence-corrected chi connectivity index (χ3v) is 4.60. The van der Waals surface area contributed by atoms with Gasteiger partial charge in [-0.1, -0.05) is 11.6 Å². The van der Waals surface area contributed by atoms with Crippen LogP contribution < -0.4 is 5.32 Å². The summed E-state index contributed by atoms with van der Waals surface area (Å²) in [5, 5.41) is 21.3. The van der Waals surface area contributed by atoms with Gasteiger partial charge in [-0.2, -0.15) is 0 Å². The number of thiophene rings is 1. The average molecular weight is 319 g/mol. The molecule has 2 amide bonds. The Morgan fingerprint density at radius 2 is 2.25 bits per heavy atom. The zero-order valence-electron chi connectivity index (χ0n) is 10.7. The number of β-amino-alcohol motifs (C(OH)–C–C–N with tert-alkyl or cyclic N) is 1. The molecule has 0 bridgehead atoms. The maximum Gasteiger partial charge on any atom is 0.326 e. The second kappa shape index (κ2) is 5.99. The van der Waals surface area contributed by atoms with E-state index in [0.717, 1.165) is 9.78 Å². The van der Waals surface area contributed by atoms with Crippen molar-refractivity contribution in [1.29, 1.82) is 0 Å². The number of amides is 2. The molecule has 0 radical (unpaired) electrons. The summed E-state index contributed by atoms with van der Waals surface area (Å²) in [6.07, 6.45) is -0.740. The van der Waals surface area contributed by atoms with Gasteiger partial charge in [0.05, 0.1) is 16.5 Å². The molecule has 2 rings (SSSR count). The monoisotopic (exact) mass is 318 g/mol. The second-order valence-electron chi connectivity index (χ2n) is 4.71. The van der Waals surface area contributed by atoms with Gasteiger partial charge < -0.3 is 20.4 Å². The average Bonchev–Trinajstić information content (AvgIpc) is 2.95. The fraction of sp³-hybridized carbons (Fsp3) is 0.500. The van der Waals surface area contributed by atoms with Gasteiger partial charge >= 0.3 is 12.0 Å². The molecule has 20 heavy (non-hydrogen) atoms. The summed E-state index contributed by atoms with van der Waals surface area (Å²) >= 11 is 7.19. The molecule has 1 saturated heterocycles. The van der Waals surface area contributed by atoms with Crippen LogP contribution in [0.2, 0.25) is 4.34 Å². The van der Waals surface area contributed by atoms with Crippen LogP contribution in [0.25, 0.3) is 0 Å². The lowest BCUT2D eigenvalue weighted by Gasteiger charge is -2.23. The number of carbonyl (C=O) groups is 2. The van der Waals surface area contributed by atoms with E-state index in [0.29, 0.717) is 4.34 Å². The highest BCUT2D eigenvalue weighted by Gasteiger charge is 2.39. The summed E-state index contributed by atoms with van der Waals surface area (Å²) in [5.74, 6) is -1.11. The second-order valence-corrected chi connectivity index (χ2v) is 6.46. The minimum atomic E-state index is -1.11. The van der Waals surface area contributed by atoms with E-state index in [1.165, 1.54) is 11.3 Å². The Bertz CT molecular complexity index is 521. The summed E-state index contributed by atoms with van der Waals surface area (Å²) in [6.45, 7) is 1.82. The van der Waals surface area contributed by atoms with Crippen LogP contribution in [0.15, 0.2) is 12.1 Å². The van der Waals surface area contributed by atoms with E-state index in [-0.39, 0.29) is 19.0 Å². The van der Waals surface area contributed by atoms with Crippen molar-refractivity contribution < 1.29 is 19.8 Å². The molecule has 0 spiro atoms. The van der Waals surface area contributed by atoms with Crippen molar-refractivity contribution in [2.75, 3.05) is 6.54 Å². The molecule has 3 atom stereocenters. The Labute approximate surface area is 125 Å². The first-order chi connectivity index (χ1) is 9.38. The number of aliphatic hydroxyl groups is 1. The number of halogens is 1. The normalized spacial score (nSPS) is 23.6. The smallest absolute Gasteiger partial charge is 0.326 e. The maximum atomic E-state index is 12.1. The van der Waals surface area contributed by atoms with E-state index in [2.05, 4.69) is 5.32 Å². The summed E-state index contributed by atoms with van der Waals surface area (Å²) in [7, 11) is 0. The molecule has 1 unspecified atom stereocenters. The molecule has 0 aromatic carbocycles. The highest BCUT2D eigenvalue weighted by atomic mass is 35.5. The SMILES string of the molecule is CC(NC(=O)N1C[C@@H](O)C[C@H]1C(=O)O)c1ccc(Cl)s1. The maximum absolute atomic E-state index is 12.1. The number of nitrogens with zero attached hydrogens (tertiary/aromatic N) is 1. The van der Waals surface area contributed by atoms with Gasteiger partial charge in [0.2, 0.25) is 0 Å². The van der Waals surface area contributed by atoms with Crippen molar-refractivity contribution in [3.8, 4) is 0 Å². The molecule has 1 fully saturated rings. The minimum Gasteiger partial charge on any atom is -0.480 e. The van der Waals surface area contributed by atoms with Gasteiger partial charge in [0.25, 0.3) is 0 Å². The summed E-state index contributed by atoms with van der Waals surface area (Å²) in [5.41, 5.74) is 0. The number of nitrogens with one attached hydrogen (secondary N) is 1. The molecule has 110 valence electrons. The zero-order valence-corrected chi connectivity index (χ0v) is 12.3. The molecule has 2 heterocycles. The van der Waals surface area contributed by atoms with Gasteiger partial charge in [-0.3, -0.25) is 0 Å². The van der Waals surface area contributed by atoms with Crippen molar-refractivity contribution in [3.05, 3.63) is 21.3 Å². The van der Waals surface area contributed by atoms with Crippen molar-refractivity contribution in [3.63, 3.8) is 0 Å². The first-order valence-electron chi connectivity index (χ1n) is 6.11. The highest BCUT2D eigenvalue weighted by Crippen LogP contribution is 2.27. The Hall–Kier alpha value is -1.31. The largest absolute Gasteiger partial charge is 0.480 e. The number of aliphatic hydroxyl groups excluding tert-OH is 1. The molecule has 1 aliphatic rings. The topological polar surface area (TPSA) is 89.9 Å². The minimum absolute atomic E-state index is 0.0285. The van der Waals surface area contributed by atoms with Gasteiger partial charge in [-0.05, 0) is 19.1 Å². The third-order valence-electron chi connectivity index (χ3n) is 3.19. The number of carbonyl (C=O) groups excluding carboxylic acids is 1. The van der Waals surface area contributed by atoms with Crippen molar-refractivity contribution in [2.45, 2.75) is 31.5 Å². The molecule has 1 aliphatic heterocycles. The van der Waals surface area contributed by atoms with Crippen LogP contribution in [0.1, 0.15) is 24.3 Å². The number of hydrogen-bond donors (Lipinski definition) is 3. The van der Waals surface area contributed by atoms with Gasteiger partial charge in [0.15, 0.2) is 0 Å². The molecule has 6 nitrogen and oxygen atoms in total. The lowest BCUT2D eigenvalue weighted by Crippen LogP contribution is -2.46. The number of carboxylic acids is 1. The van der Waals surface area contributed by atoms with Crippen LogP contribution in [0, 0.1) is 0 Å². The Balaban J connectivity index is 2.02. The number of carboxylic acid groups (broad SMARTS) is 1. The third kappa shape index (κ3) is 3.23. The molecule has 8 heteroatoms. The lowest BCUT2D eigenvalue weighted by atomic mass is 10.2. The first kappa shape index (κ1) is 15.1. The van der Waals surface area contributed by atoms with E-state index in [1.54, 1.807) is 13.0 Å². The van der Waals surface area contributed by atoms with Gasteiger partial charge in [0, 0.05) is 17.8 Å². The van der Waals surface area contributed by atoms with Crippen LogP contribution in [-0.4, -0.2) is 45.8 Å². The van der Waals surface area contributed by atoms with Gasteiger partial charge in [0.1, 0.15) is 6.04 Å². The molecule has 1 aromatic heterocycles. The number of aliphatic carboxylic acids is 1. The Morgan fingerprint density at radius 3 is 2.80 bits per heavy atom. The molecule has 3 N–H and O–H groups in total. The van der Waals surface area contributed by atoms with Crippen LogP contribution in [0.5, 0.6) is 0 Å². The summed E-state index contributed by atoms with van der Waals surface area (Å²) in [4.78, 5) is 25.2. The van der Waals surface area contributed by atoms with Crippen molar-refractivity contribution >= 4 is 34.9 Å². The van der Waals surface area contributed by atoms with E-state index in [9.17, 15) is 14.7 Å². The number of rotatable bonds is 3. The summed E-state index contributed by atoms with van der Waals surface area (Å²) in [6, 6.07) is 1.80. The predicted molar refractivity (Wildman–Crippen MR) is 75.0 cm³/mol. The van der Waals surface area contributed by atoms with Crippen LogP contribution in [0.3, 0.4) is 0 Å². The number of likely N-dealkylation sites (tertiary alicyclic amines) is 1. The fourth-order valence-electron chi connectivity index (χ4n) is 2.17. The van der Waals surface area contributed by atoms with E-state index in [4.69, 9.17) is 16.7 Å². The van der Waals surface area contributed by atoms with Gasteiger partial charge in [-0.25, -0.2) is 9.59 Å². The zero-order chi connectivity index (χ0) is 14.9. The lowest BCUT2D eigenvalue weighted by molar-refractivity contribution is -0.141. The van der Waals surface area contributed by atoms with E-state index < -0.39 is 24.1 Å². The summed E-state index contributed by atoms with van der Waals surface area (Å²) < 4.78 is 0.626. The molecule has 0 saturated carbocycles.